The second kappa shape index (κ2) is 14.8. The van der Waals surface area contributed by atoms with Crippen LogP contribution in [0.5, 0.6) is 11.5 Å². The lowest BCUT2D eigenvalue weighted by atomic mass is 9.82. The van der Waals surface area contributed by atoms with Crippen molar-refractivity contribution in [2.75, 3.05) is 52.0 Å². The number of sulfonamides is 1. The Bertz CT molecular complexity index is 1540. The van der Waals surface area contributed by atoms with Crippen LogP contribution in [0, 0.1) is 6.92 Å². The largest absolute Gasteiger partial charge is 0.497 e. The van der Waals surface area contributed by atoms with Crippen molar-refractivity contribution >= 4 is 21.5 Å². The molecule has 0 N–H and O–H groups in total. The molecule has 2 aliphatic rings. The smallest absolute Gasteiger partial charge is 0.243 e. The molecule has 3 aromatic carbocycles. The van der Waals surface area contributed by atoms with Crippen LogP contribution in [0.1, 0.15) is 48.8 Å². The zero-order valence-corrected chi connectivity index (χ0v) is 27.4. The highest BCUT2D eigenvalue weighted by molar-refractivity contribution is 7.89. The fourth-order valence-electron chi connectivity index (χ4n) is 6.29. The zero-order chi connectivity index (χ0) is 32.0. The summed E-state index contributed by atoms with van der Waals surface area (Å²) in [5.74, 6) is 1.40. The summed E-state index contributed by atoms with van der Waals surface area (Å²) >= 11 is 0. The quantitative estimate of drug-likeness (QED) is 0.232. The molecule has 3 unspecified atom stereocenters. The first-order valence-electron chi connectivity index (χ1n) is 15.5. The van der Waals surface area contributed by atoms with Crippen molar-refractivity contribution in [2.24, 2.45) is 0 Å². The number of ether oxygens (including phenoxy) is 4. The Hall–Kier alpha value is -3.44. The Morgan fingerprint density at radius 1 is 1.02 bits per heavy atom. The van der Waals surface area contributed by atoms with E-state index in [4.69, 9.17) is 18.9 Å². The minimum absolute atomic E-state index is 0.0525. The highest BCUT2D eigenvalue weighted by Crippen LogP contribution is 2.39. The van der Waals surface area contributed by atoms with E-state index in [0.29, 0.717) is 26.2 Å². The predicted octanol–water partition coefficient (Wildman–Crippen LogP) is 5.35. The summed E-state index contributed by atoms with van der Waals surface area (Å²) in [7, 11) is -0.552. The van der Waals surface area contributed by atoms with Gasteiger partial charge in [-0.2, -0.15) is 4.31 Å². The van der Waals surface area contributed by atoms with Crippen molar-refractivity contribution in [3.63, 3.8) is 0 Å². The molecule has 0 amide bonds. The van der Waals surface area contributed by atoms with Crippen molar-refractivity contribution < 1.29 is 32.2 Å². The molecule has 0 bridgehead atoms. The second-order valence-corrected chi connectivity index (χ2v) is 13.8. The van der Waals surface area contributed by atoms with Crippen LogP contribution in [0.4, 0.5) is 5.69 Å². The molecule has 3 aromatic rings. The number of nitrogens with zero attached hydrogens (tertiary/aromatic N) is 2. The number of carbonyl (C=O) groups excluding carboxylic acids is 1. The van der Waals surface area contributed by atoms with E-state index in [9.17, 15) is 13.2 Å². The van der Waals surface area contributed by atoms with Gasteiger partial charge >= 0.3 is 0 Å². The first-order chi connectivity index (χ1) is 21.7. The molecule has 0 saturated carbocycles. The molecule has 0 aromatic heterocycles. The number of methoxy groups -OCH3 is 2. The van der Waals surface area contributed by atoms with Gasteiger partial charge in [-0.15, -0.1) is 0 Å². The van der Waals surface area contributed by atoms with E-state index in [1.165, 1.54) is 11.2 Å². The van der Waals surface area contributed by atoms with Crippen molar-refractivity contribution in [2.45, 2.75) is 62.7 Å². The fourth-order valence-corrected chi connectivity index (χ4v) is 7.93. The summed E-state index contributed by atoms with van der Waals surface area (Å²) in [4.78, 5) is 14.9. The van der Waals surface area contributed by atoms with Gasteiger partial charge < -0.3 is 23.8 Å². The molecule has 1 saturated heterocycles. The Kier molecular flexibility index (Phi) is 10.8. The van der Waals surface area contributed by atoms with Gasteiger partial charge in [-0.1, -0.05) is 35.9 Å². The number of carbonyl (C=O) groups is 1. The highest BCUT2D eigenvalue weighted by atomic mass is 32.2. The third-order valence-corrected chi connectivity index (χ3v) is 10.6. The lowest BCUT2D eigenvalue weighted by Gasteiger charge is -2.43. The van der Waals surface area contributed by atoms with Crippen LogP contribution in [-0.2, 0) is 30.9 Å². The Morgan fingerprint density at radius 2 is 1.78 bits per heavy atom. The molecule has 2 heterocycles. The average molecular weight is 637 g/mol. The number of benzene rings is 3. The molecule has 1 fully saturated rings. The van der Waals surface area contributed by atoms with Gasteiger partial charge in [0, 0.05) is 45.2 Å². The van der Waals surface area contributed by atoms with E-state index < -0.39 is 22.2 Å². The summed E-state index contributed by atoms with van der Waals surface area (Å²) < 4.78 is 52.8. The van der Waals surface area contributed by atoms with Gasteiger partial charge in [0.15, 0.2) is 0 Å². The Balaban J connectivity index is 1.44. The standard InChI is InChI=1S/C35H44N2O7S/c1-25-6-13-31(14-7-25)45(39,40)37-23-35(32(22-29(37)20-26(2)38)28-9-11-30(42-4)12-10-28)44-24-27-8-15-34-33(21-27)36(17-19-43-34)16-5-18-41-3/h6-15,21,29,32,35H,5,16-20,22-24H2,1-4H3. The minimum atomic E-state index is -3.89. The number of rotatable bonds is 13. The summed E-state index contributed by atoms with van der Waals surface area (Å²) in [5.41, 5.74) is 3.99. The first kappa shape index (κ1) is 32.9. The van der Waals surface area contributed by atoms with E-state index in [1.807, 2.05) is 43.3 Å². The van der Waals surface area contributed by atoms with Crippen LogP contribution in [0.2, 0.25) is 0 Å². The third kappa shape index (κ3) is 7.87. The van der Waals surface area contributed by atoms with Gasteiger partial charge in [-0.3, -0.25) is 4.79 Å². The van der Waals surface area contributed by atoms with Crippen LogP contribution in [0.3, 0.4) is 0 Å². The third-order valence-electron chi connectivity index (χ3n) is 8.66. The zero-order valence-electron chi connectivity index (χ0n) is 26.6. The number of anilines is 1. The number of hydrogen-bond acceptors (Lipinski definition) is 8. The number of Topliss-reactive ketones (excluding diaryl/α,β-unsaturated/α-hetero) is 1. The lowest BCUT2D eigenvalue weighted by Crippen LogP contribution is -2.52. The topological polar surface area (TPSA) is 94.6 Å². The molecule has 45 heavy (non-hydrogen) atoms. The number of ketones is 1. The summed E-state index contributed by atoms with van der Waals surface area (Å²) in [6.07, 6.45) is 1.04. The molecular formula is C35H44N2O7S. The lowest BCUT2D eigenvalue weighted by molar-refractivity contribution is -0.118. The van der Waals surface area contributed by atoms with Gasteiger partial charge in [0.2, 0.25) is 10.0 Å². The highest BCUT2D eigenvalue weighted by Gasteiger charge is 2.43. The normalized spacial score (nSPS) is 20.4. The van der Waals surface area contributed by atoms with E-state index in [1.54, 1.807) is 38.5 Å². The summed E-state index contributed by atoms with van der Waals surface area (Å²) in [5, 5.41) is 0. The molecule has 3 atom stereocenters. The maximum absolute atomic E-state index is 14.1. The van der Waals surface area contributed by atoms with Gasteiger partial charge in [0.05, 0.1) is 36.9 Å². The van der Waals surface area contributed by atoms with Crippen LogP contribution in [0.15, 0.2) is 71.6 Å². The van der Waals surface area contributed by atoms with Crippen LogP contribution < -0.4 is 14.4 Å². The van der Waals surface area contributed by atoms with Crippen molar-refractivity contribution in [1.29, 1.82) is 0 Å². The van der Waals surface area contributed by atoms with Crippen molar-refractivity contribution in [3.05, 3.63) is 83.4 Å². The monoisotopic (exact) mass is 636 g/mol. The predicted molar refractivity (Wildman–Crippen MR) is 174 cm³/mol. The minimum Gasteiger partial charge on any atom is -0.497 e. The number of fused-ring (bicyclic) bond motifs is 1. The molecule has 0 spiro atoms. The number of piperidine rings is 1. The molecule has 0 aliphatic carbocycles. The van der Waals surface area contributed by atoms with Crippen LogP contribution >= 0.6 is 0 Å². The molecule has 0 radical (unpaired) electrons. The van der Waals surface area contributed by atoms with E-state index in [-0.39, 0.29) is 29.6 Å². The first-order valence-corrected chi connectivity index (χ1v) is 17.0. The number of hydrogen-bond donors (Lipinski definition) is 0. The Labute approximate surface area is 267 Å². The SMILES string of the molecule is COCCCN1CCOc2ccc(COC3CN(S(=O)(=O)c4ccc(C)cc4)C(CC(C)=O)CC3c3ccc(OC)cc3)cc21. The average Bonchev–Trinajstić information content (AvgIpc) is 3.04. The summed E-state index contributed by atoms with van der Waals surface area (Å²) in [6.45, 7) is 6.84. The van der Waals surface area contributed by atoms with Gasteiger partial charge in [0.25, 0.3) is 0 Å². The van der Waals surface area contributed by atoms with E-state index in [0.717, 1.165) is 53.4 Å². The molecule has 2 aliphatic heterocycles. The van der Waals surface area contributed by atoms with Crippen molar-refractivity contribution in [3.8, 4) is 11.5 Å². The molecular weight excluding hydrogens is 592 g/mol. The van der Waals surface area contributed by atoms with E-state index >= 15 is 0 Å². The molecule has 242 valence electrons. The molecule has 9 nitrogen and oxygen atoms in total. The second-order valence-electron chi connectivity index (χ2n) is 11.9. The maximum atomic E-state index is 14.1. The fraction of sp³-hybridized carbons (Fsp3) is 0.457. The van der Waals surface area contributed by atoms with Gasteiger partial charge in [-0.05, 0) is 74.2 Å². The van der Waals surface area contributed by atoms with E-state index in [2.05, 4.69) is 11.0 Å². The van der Waals surface area contributed by atoms with Gasteiger partial charge in [0.1, 0.15) is 23.9 Å². The number of aryl methyl sites for hydroxylation is 1. The summed E-state index contributed by atoms with van der Waals surface area (Å²) in [6, 6.07) is 20.3. The van der Waals surface area contributed by atoms with Crippen LogP contribution in [-0.4, -0.2) is 77.7 Å². The molecule has 10 heteroatoms. The van der Waals surface area contributed by atoms with Crippen LogP contribution in [0.25, 0.3) is 0 Å². The maximum Gasteiger partial charge on any atom is 0.243 e. The van der Waals surface area contributed by atoms with Crippen molar-refractivity contribution in [1.82, 2.24) is 4.31 Å². The molecule has 5 rings (SSSR count). The van der Waals surface area contributed by atoms with Gasteiger partial charge in [-0.25, -0.2) is 8.42 Å². The Morgan fingerprint density at radius 3 is 2.47 bits per heavy atom.